The molecular weight excluding hydrogens is 136 g/mol. The van der Waals surface area contributed by atoms with Crippen molar-refractivity contribution in [3.05, 3.63) is 0 Å². The molecule has 48 valence electrons. The third-order valence-corrected chi connectivity index (χ3v) is 0.455. The Morgan fingerprint density at radius 3 is 2.22 bits per heavy atom. The Balaban J connectivity index is -0.000000245. The second kappa shape index (κ2) is 8.10. The van der Waals surface area contributed by atoms with E-state index in [1.807, 2.05) is 0 Å². The number of rotatable bonds is 2. The van der Waals surface area contributed by atoms with E-state index in [-0.39, 0.29) is 48.4 Å². The van der Waals surface area contributed by atoms with Gasteiger partial charge in [-0.25, -0.2) is 0 Å². The van der Waals surface area contributed by atoms with E-state index in [0.29, 0.717) is 0 Å². The van der Waals surface area contributed by atoms with Crippen molar-refractivity contribution in [2.45, 2.75) is 13.3 Å². The van der Waals surface area contributed by atoms with Gasteiger partial charge in [0.05, 0.1) is 0 Å². The molecule has 4 nitrogen and oxygen atoms in total. The number of carbonyl (C=O) groups excluding carboxylic acids is 2. The van der Waals surface area contributed by atoms with Gasteiger partial charge in [-0.15, -0.1) is 0 Å². The van der Waals surface area contributed by atoms with Crippen LogP contribution in [-0.2, 0) is 9.59 Å². The van der Waals surface area contributed by atoms with Crippen molar-refractivity contribution in [2.24, 2.45) is 0 Å². The molecule has 0 aromatic rings. The third-order valence-electron chi connectivity index (χ3n) is 0.455. The second-order valence-corrected chi connectivity index (χ2v) is 0.961. The van der Waals surface area contributed by atoms with Crippen LogP contribution in [-0.4, -0.2) is 17.2 Å². The van der Waals surface area contributed by atoms with Crippen molar-refractivity contribution >= 4 is 11.8 Å². The molecule has 0 aliphatic carbocycles. The smallest absolute Gasteiger partial charge is 0.542 e. The molecule has 0 saturated carbocycles. The first-order chi connectivity index (χ1) is 3.68. The normalized spacial score (nSPS) is 7.78. The van der Waals surface area contributed by atoms with Crippen molar-refractivity contribution in [2.75, 3.05) is 0 Å². The molecule has 0 saturated heterocycles. The van der Waals surface area contributed by atoms with Crippen LogP contribution in [0.25, 0.3) is 0 Å². The van der Waals surface area contributed by atoms with Gasteiger partial charge in [0, 0.05) is 7.79 Å². The average Bonchev–Trinajstić information content (AvgIpc) is 1.67. The summed E-state index contributed by atoms with van der Waals surface area (Å²) in [5.74, 6) is -2.70. The predicted molar refractivity (Wildman–Crippen MR) is 23.9 cm³/mol. The minimum atomic E-state index is -1.70. The van der Waals surface area contributed by atoms with E-state index in [1.165, 1.54) is 0 Å². The van der Waals surface area contributed by atoms with E-state index in [0.717, 1.165) is 0 Å². The Morgan fingerprint density at radius 2 is 2.11 bits per heavy atom. The van der Waals surface area contributed by atoms with Gasteiger partial charge in [0.25, 0.3) is 0 Å². The summed E-state index contributed by atoms with van der Waals surface area (Å²) in [7, 11) is 0. The van der Waals surface area contributed by atoms with Crippen LogP contribution in [0.1, 0.15) is 14.7 Å². The minimum Gasteiger partial charge on any atom is -0.542 e. The molecule has 0 fully saturated rings. The van der Waals surface area contributed by atoms with E-state index >= 15 is 0 Å². The maximum absolute atomic E-state index is 9.96. The van der Waals surface area contributed by atoms with E-state index in [4.69, 9.17) is 1.37 Å². The van der Waals surface area contributed by atoms with Gasteiger partial charge in [-0.1, -0.05) is 6.90 Å². The summed E-state index contributed by atoms with van der Waals surface area (Å²) in [6.07, 6.45) is -0.248. The number of carbonyl (C=O) groups is 2. The number of ketones is 1. The topological polar surface area (TPSA) is 88.7 Å². The standard InChI is InChI=1S/C4H6O3.Na.H2O/c1-2-3(5)4(6)7;;/h2H2,1H3,(H,6,7);;1H2/q;+1;/p-1/i1+1D;;. The molecule has 2 N–H and O–H groups in total. The largest absolute Gasteiger partial charge is 1.00 e. The molecule has 0 aromatic heterocycles. The summed E-state index contributed by atoms with van der Waals surface area (Å²) >= 11 is 0. The Bertz CT molecular complexity index is 116. The minimum absolute atomic E-state index is 0. The van der Waals surface area contributed by atoms with Gasteiger partial charge >= 0.3 is 29.6 Å². The number of hydrogen-bond acceptors (Lipinski definition) is 3. The Kier molecular flexibility index (Phi) is 10.7. The summed E-state index contributed by atoms with van der Waals surface area (Å²) in [4.78, 5) is 19.5. The van der Waals surface area contributed by atoms with E-state index < -0.39 is 11.8 Å². The maximum atomic E-state index is 9.96. The van der Waals surface area contributed by atoms with Gasteiger partial charge in [-0.05, 0) is 0 Å². The Labute approximate surface area is 76.3 Å². The number of hydrogen-bond donors (Lipinski definition) is 0. The van der Waals surface area contributed by atoms with Crippen LogP contribution >= 0.6 is 0 Å². The SMILES string of the molecule is O.[2H][13CH2]CC(=O)C(=O)[O-].[Na+]. The summed E-state index contributed by atoms with van der Waals surface area (Å²) in [6, 6.07) is 0. The van der Waals surface area contributed by atoms with Gasteiger partial charge in [0.2, 0.25) is 0 Å². The quantitative estimate of drug-likeness (QED) is 0.220. The van der Waals surface area contributed by atoms with Crippen LogP contribution in [0, 0.1) is 0 Å². The molecule has 0 unspecified atom stereocenters. The maximum Gasteiger partial charge on any atom is 1.00 e. The van der Waals surface area contributed by atoms with Crippen LogP contribution in [0.2, 0.25) is 0 Å². The fourth-order valence-corrected chi connectivity index (χ4v) is 0.102. The molecule has 0 aliphatic rings. The summed E-state index contributed by atoms with van der Waals surface area (Å²) in [6.45, 7) is -0.188. The van der Waals surface area contributed by atoms with Gasteiger partial charge in [0.1, 0.15) is 5.97 Å². The number of Topliss-reactive ketones (excluding diaryl/α,β-unsaturated/α-hetero) is 1. The molecule has 5 heteroatoms. The van der Waals surface area contributed by atoms with Crippen molar-refractivity contribution in [1.29, 1.82) is 0 Å². The monoisotopic (exact) mass is 144 g/mol. The molecule has 0 rings (SSSR count). The number of aliphatic carboxylic acids is 1. The Morgan fingerprint density at radius 1 is 1.67 bits per heavy atom. The molecule has 0 spiro atoms. The van der Waals surface area contributed by atoms with Crippen molar-refractivity contribution < 1.29 is 51.1 Å². The van der Waals surface area contributed by atoms with E-state index in [1.54, 1.807) is 0 Å². The zero-order valence-electron chi connectivity index (χ0n) is 6.14. The molecule has 0 radical (unpaired) electrons. The van der Waals surface area contributed by atoms with E-state index in [9.17, 15) is 14.7 Å². The zero-order chi connectivity index (χ0) is 6.57. The van der Waals surface area contributed by atoms with Gasteiger partial charge in [-0.3, -0.25) is 4.79 Å². The van der Waals surface area contributed by atoms with Gasteiger partial charge < -0.3 is 15.4 Å². The fraction of sp³-hybridized carbons (Fsp3) is 0.500. The van der Waals surface area contributed by atoms with Crippen LogP contribution in [0.5, 0.6) is 0 Å². The van der Waals surface area contributed by atoms with Gasteiger partial charge in [-0.2, -0.15) is 0 Å². The third kappa shape index (κ3) is 8.10. The van der Waals surface area contributed by atoms with Crippen molar-refractivity contribution in [3.8, 4) is 0 Å². The van der Waals surface area contributed by atoms with Crippen molar-refractivity contribution in [1.82, 2.24) is 0 Å². The molecule has 0 heterocycles. The molecule has 9 heavy (non-hydrogen) atoms. The first-order valence-electron chi connectivity index (χ1n) is 2.42. The van der Waals surface area contributed by atoms with Crippen LogP contribution in [0.4, 0.5) is 0 Å². The summed E-state index contributed by atoms with van der Waals surface area (Å²) < 4.78 is 6.41. The fourth-order valence-electron chi connectivity index (χ4n) is 0.102. The second-order valence-electron chi connectivity index (χ2n) is 0.961. The molecule has 0 bridgehead atoms. The average molecular weight is 144 g/mol. The van der Waals surface area contributed by atoms with E-state index in [2.05, 4.69) is 0 Å². The first kappa shape index (κ1) is 11.8. The number of carboxylic acids is 1. The predicted octanol–water partition coefficient (Wildman–Crippen LogP) is -5.11. The summed E-state index contributed by atoms with van der Waals surface area (Å²) in [5, 5.41) is 9.55. The van der Waals surface area contributed by atoms with Crippen LogP contribution < -0.4 is 34.7 Å². The van der Waals surface area contributed by atoms with Crippen LogP contribution in [0.15, 0.2) is 0 Å². The van der Waals surface area contributed by atoms with Crippen LogP contribution in [0.3, 0.4) is 0 Å². The number of carboxylic acid groups (broad SMARTS) is 1. The molecule has 0 aromatic carbocycles. The van der Waals surface area contributed by atoms with Crippen molar-refractivity contribution in [3.63, 3.8) is 0 Å². The molecule has 0 aliphatic heterocycles. The summed E-state index contributed by atoms with van der Waals surface area (Å²) in [5.41, 5.74) is 0. The molecule has 0 atom stereocenters. The zero-order valence-corrected chi connectivity index (χ0v) is 7.14. The molecule has 0 amide bonds. The molecular formula is C4H7NaO4. The first-order valence-corrected chi connectivity index (χ1v) is 1.72. The Hall–Kier alpha value is 0.100. The van der Waals surface area contributed by atoms with Gasteiger partial charge in [0.15, 0.2) is 5.78 Å².